The molecule has 120 valence electrons. The van der Waals surface area contributed by atoms with Crippen molar-refractivity contribution >= 4 is 39.8 Å². The van der Waals surface area contributed by atoms with Gasteiger partial charge in [0.25, 0.3) is 0 Å². The van der Waals surface area contributed by atoms with Gasteiger partial charge in [0, 0.05) is 39.6 Å². The summed E-state index contributed by atoms with van der Waals surface area (Å²) in [6.07, 6.45) is 4.77. The maximum Gasteiger partial charge on any atom is 0.191 e. The molecule has 0 aromatic carbocycles. The second-order valence-corrected chi connectivity index (χ2v) is 7.19. The minimum absolute atomic E-state index is 0. The number of ether oxygens (including phenoxy) is 1. The molecular formula is C12H26IN3O3S. The summed E-state index contributed by atoms with van der Waals surface area (Å²) in [7, 11) is -1.26. The highest BCUT2D eigenvalue weighted by atomic mass is 127. The third-order valence-electron chi connectivity index (χ3n) is 2.80. The van der Waals surface area contributed by atoms with Gasteiger partial charge < -0.3 is 15.4 Å². The zero-order valence-electron chi connectivity index (χ0n) is 12.2. The van der Waals surface area contributed by atoms with Crippen molar-refractivity contribution in [3.05, 3.63) is 0 Å². The number of aliphatic imine (C=N–C) groups is 1. The molecule has 0 aromatic rings. The molecule has 0 atom stereocenters. The van der Waals surface area contributed by atoms with Gasteiger partial charge in [0.2, 0.25) is 0 Å². The van der Waals surface area contributed by atoms with E-state index in [2.05, 4.69) is 15.6 Å². The smallest absolute Gasteiger partial charge is 0.191 e. The van der Waals surface area contributed by atoms with Crippen molar-refractivity contribution in [2.75, 3.05) is 45.4 Å². The van der Waals surface area contributed by atoms with Crippen LogP contribution in [0.5, 0.6) is 0 Å². The molecule has 1 rings (SSSR count). The van der Waals surface area contributed by atoms with E-state index in [4.69, 9.17) is 4.74 Å². The molecule has 6 nitrogen and oxygen atoms in total. The summed E-state index contributed by atoms with van der Waals surface area (Å²) >= 11 is 0. The summed E-state index contributed by atoms with van der Waals surface area (Å²) in [6.45, 7) is 2.78. The standard InChI is InChI=1S/C12H25N3O3S.HI/c1-13-12(15-7-9-19(2,16)17)14-6-3-8-18-10-11-4-5-11;/h11H,3-10H2,1-2H3,(H2,13,14,15);1H. The van der Waals surface area contributed by atoms with Crippen LogP contribution in [0.2, 0.25) is 0 Å². The number of hydrogen-bond acceptors (Lipinski definition) is 4. The first kappa shape index (κ1) is 19.9. The van der Waals surface area contributed by atoms with E-state index in [9.17, 15) is 8.42 Å². The first-order chi connectivity index (χ1) is 9.01. The molecule has 1 aliphatic carbocycles. The molecule has 2 N–H and O–H groups in total. The minimum Gasteiger partial charge on any atom is -0.381 e. The van der Waals surface area contributed by atoms with Gasteiger partial charge in [-0.2, -0.15) is 0 Å². The molecule has 1 saturated carbocycles. The Kier molecular flexibility index (Phi) is 10.6. The lowest BCUT2D eigenvalue weighted by atomic mass is 10.4. The van der Waals surface area contributed by atoms with Crippen molar-refractivity contribution in [2.45, 2.75) is 19.3 Å². The predicted octanol–water partition coefficient (Wildman–Crippen LogP) is 0.631. The molecule has 0 radical (unpaired) electrons. The number of nitrogens with one attached hydrogen (secondary N) is 2. The lowest BCUT2D eigenvalue weighted by Crippen LogP contribution is -2.40. The fourth-order valence-corrected chi connectivity index (χ4v) is 1.96. The van der Waals surface area contributed by atoms with Crippen LogP contribution < -0.4 is 10.6 Å². The molecule has 0 saturated heterocycles. The second kappa shape index (κ2) is 10.6. The zero-order chi connectivity index (χ0) is 14.1. The molecule has 20 heavy (non-hydrogen) atoms. The van der Waals surface area contributed by atoms with Gasteiger partial charge in [-0.15, -0.1) is 24.0 Å². The molecule has 1 fully saturated rings. The van der Waals surface area contributed by atoms with Gasteiger partial charge in [0.05, 0.1) is 5.75 Å². The average molecular weight is 419 g/mol. The molecule has 0 heterocycles. The Morgan fingerprint density at radius 3 is 2.50 bits per heavy atom. The van der Waals surface area contributed by atoms with E-state index in [1.165, 1.54) is 19.1 Å². The maximum absolute atomic E-state index is 11.0. The van der Waals surface area contributed by atoms with Crippen LogP contribution in [-0.2, 0) is 14.6 Å². The lowest BCUT2D eigenvalue weighted by molar-refractivity contribution is 0.123. The summed E-state index contributed by atoms with van der Waals surface area (Å²) in [5.74, 6) is 1.54. The van der Waals surface area contributed by atoms with E-state index in [1.54, 1.807) is 7.05 Å². The Labute approximate surface area is 139 Å². The van der Waals surface area contributed by atoms with Crippen LogP contribution in [0.15, 0.2) is 4.99 Å². The zero-order valence-corrected chi connectivity index (χ0v) is 15.4. The van der Waals surface area contributed by atoms with Gasteiger partial charge in [-0.3, -0.25) is 4.99 Å². The van der Waals surface area contributed by atoms with Crippen LogP contribution in [0.3, 0.4) is 0 Å². The largest absolute Gasteiger partial charge is 0.381 e. The Hall–Kier alpha value is -0.0900. The van der Waals surface area contributed by atoms with Crippen molar-refractivity contribution in [3.63, 3.8) is 0 Å². The van der Waals surface area contributed by atoms with E-state index in [-0.39, 0.29) is 29.7 Å². The summed E-state index contributed by atoms with van der Waals surface area (Å²) in [5.41, 5.74) is 0. The molecule has 0 unspecified atom stereocenters. The van der Waals surface area contributed by atoms with Crippen LogP contribution in [0, 0.1) is 5.92 Å². The maximum atomic E-state index is 11.0. The molecule has 0 amide bonds. The van der Waals surface area contributed by atoms with E-state index in [0.717, 1.165) is 32.1 Å². The van der Waals surface area contributed by atoms with Crippen molar-refractivity contribution in [2.24, 2.45) is 10.9 Å². The molecule has 0 aliphatic heterocycles. The summed E-state index contributed by atoms with van der Waals surface area (Å²) < 4.78 is 27.5. The first-order valence-electron chi connectivity index (χ1n) is 6.71. The molecule has 8 heteroatoms. The van der Waals surface area contributed by atoms with Crippen LogP contribution in [0.25, 0.3) is 0 Å². The number of halogens is 1. The van der Waals surface area contributed by atoms with Gasteiger partial charge in [-0.05, 0) is 25.2 Å². The molecule has 0 spiro atoms. The Morgan fingerprint density at radius 2 is 1.95 bits per heavy atom. The SMILES string of the molecule is CN=C(NCCCOCC1CC1)NCCS(C)(=O)=O.I. The molecular weight excluding hydrogens is 393 g/mol. The summed E-state index contributed by atoms with van der Waals surface area (Å²) in [6, 6.07) is 0. The number of guanidine groups is 1. The number of rotatable bonds is 9. The Bertz CT molecular complexity index is 383. The van der Waals surface area contributed by atoms with Gasteiger partial charge in [0.1, 0.15) is 9.84 Å². The minimum atomic E-state index is -2.93. The molecule has 0 aromatic heterocycles. The highest BCUT2D eigenvalue weighted by Crippen LogP contribution is 2.28. The van der Waals surface area contributed by atoms with Crippen molar-refractivity contribution < 1.29 is 13.2 Å². The second-order valence-electron chi connectivity index (χ2n) is 4.93. The van der Waals surface area contributed by atoms with E-state index < -0.39 is 9.84 Å². The Balaban J connectivity index is 0.00000361. The fourth-order valence-electron chi connectivity index (χ4n) is 1.49. The monoisotopic (exact) mass is 419 g/mol. The van der Waals surface area contributed by atoms with E-state index in [0.29, 0.717) is 12.5 Å². The predicted molar refractivity (Wildman–Crippen MR) is 92.7 cm³/mol. The van der Waals surface area contributed by atoms with Crippen LogP contribution >= 0.6 is 24.0 Å². The number of hydrogen-bond donors (Lipinski definition) is 2. The van der Waals surface area contributed by atoms with Gasteiger partial charge in [0.15, 0.2) is 5.96 Å². The van der Waals surface area contributed by atoms with E-state index >= 15 is 0 Å². The summed E-state index contributed by atoms with van der Waals surface area (Å²) in [4.78, 5) is 4.02. The highest BCUT2D eigenvalue weighted by Gasteiger charge is 2.20. The normalized spacial score (nSPS) is 15.6. The highest BCUT2D eigenvalue weighted by molar-refractivity contribution is 14.0. The van der Waals surface area contributed by atoms with Gasteiger partial charge >= 0.3 is 0 Å². The van der Waals surface area contributed by atoms with Crippen molar-refractivity contribution in [1.29, 1.82) is 0 Å². The van der Waals surface area contributed by atoms with Crippen molar-refractivity contribution in [3.8, 4) is 0 Å². The third-order valence-corrected chi connectivity index (χ3v) is 3.74. The van der Waals surface area contributed by atoms with Crippen LogP contribution in [0.1, 0.15) is 19.3 Å². The lowest BCUT2D eigenvalue weighted by Gasteiger charge is -2.11. The average Bonchev–Trinajstić information content (AvgIpc) is 3.13. The van der Waals surface area contributed by atoms with Gasteiger partial charge in [-0.1, -0.05) is 0 Å². The van der Waals surface area contributed by atoms with Crippen LogP contribution in [0.4, 0.5) is 0 Å². The fraction of sp³-hybridized carbons (Fsp3) is 0.917. The number of sulfone groups is 1. The Morgan fingerprint density at radius 1 is 1.30 bits per heavy atom. The molecule has 0 bridgehead atoms. The van der Waals surface area contributed by atoms with Gasteiger partial charge in [-0.25, -0.2) is 8.42 Å². The van der Waals surface area contributed by atoms with Crippen LogP contribution in [-0.4, -0.2) is 59.7 Å². The quantitative estimate of drug-likeness (QED) is 0.248. The summed E-state index contributed by atoms with van der Waals surface area (Å²) in [5, 5.41) is 6.09. The van der Waals surface area contributed by atoms with E-state index in [1.807, 2.05) is 0 Å². The first-order valence-corrected chi connectivity index (χ1v) is 8.77. The third kappa shape index (κ3) is 11.7. The van der Waals surface area contributed by atoms with Crippen molar-refractivity contribution in [1.82, 2.24) is 10.6 Å². The number of nitrogens with zero attached hydrogens (tertiary/aromatic N) is 1. The molecule has 1 aliphatic rings. The topological polar surface area (TPSA) is 79.8 Å².